The summed E-state index contributed by atoms with van der Waals surface area (Å²) >= 11 is 0. The normalized spacial score (nSPS) is 12.9. The standard InChI is InChI=1S/C14H19N3O/c1-9(2)10(3)14(18)15-8-13-16-11-6-4-5-7-12(11)17-13/h4-7,9-10H,8H2,1-3H3,(H,15,18)(H,16,17). The number of fused-ring (bicyclic) bond motifs is 1. The molecule has 0 bridgehead atoms. The number of carbonyl (C=O) groups is 1. The molecule has 0 saturated carbocycles. The van der Waals surface area contributed by atoms with Crippen LogP contribution in [-0.4, -0.2) is 15.9 Å². The number of aromatic amines is 1. The smallest absolute Gasteiger partial charge is 0.223 e. The van der Waals surface area contributed by atoms with Crippen molar-refractivity contribution in [1.82, 2.24) is 15.3 Å². The molecule has 0 spiro atoms. The molecule has 0 aliphatic heterocycles. The molecule has 1 atom stereocenters. The Hall–Kier alpha value is -1.84. The SMILES string of the molecule is CC(C)C(C)C(=O)NCc1nc2ccccc2[nH]1. The molecule has 4 heteroatoms. The van der Waals surface area contributed by atoms with Gasteiger partial charge in [0.1, 0.15) is 5.82 Å². The van der Waals surface area contributed by atoms with Crippen LogP contribution >= 0.6 is 0 Å². The lowest BCUT2D eigenvalue weighted by Gasteiger charge is -2.14. The zero-order chi connectivity index (χ0) is 13.1. The first kappa shape index (κ1) is 12.6. The highest BCUT2D eigenvalue weighted by Gasteiger charge is 2.16. The number of imidazole rings is 1. The van der Waals surface area contributed by atoms with Crippen molar-refractivity contribution in [3.8, 4) is 0 Å². The zero-order valence-corrected chi connectivity index (χ0v) is 11.0. The summed E-state index contributed by atoms with van der Waals surface area (Å²) in [4.78, 5) is 19.4. The number of nitrogens with one attached hydrogen (secondary N) is 2. The van der Waals surface area contributed by atoms with Crippen LogP contribution in [0.1, 0.15) is 26.6 Å². The van der Waals surface area contributed by atoms with Gasteiger partial charge in [-0.2, -0.15) is 0 Å². The number of rotatable bonds is 4. The minimum Gasteiger partial charge on any atom is -0.349 e. The van der Waals surface area contributed by atoms with E-state index in [-0.39, 0.29) is 11.8 Å². The highest BCUT2D eigenvalue weighted by Crippen LogP contribution is 2.11. The van der Waals surface area contributed by atoms with Crippen LogP contribution in [0, 0.1) is 11.8 Å². The van der Waals surface area contributed by atoms with Crippen molar-refractivity contribution < 1.29 is 4.79 Å². The molecule has 2 aromatic rings. The van der Waals surface area contributed by atoms with E-state index >= 15 is 0 Å². The summed E-state index contributed by atoms with van der Waals surface area (Å²) in [5.41, 5.74) is 1.93. The molecule has 0 fully saturated rings. The van der Waals surface area contributed by atoms with Gasteiger partial charge in [-0.05, 0) is 18.1 Å². The Bertz CT molecular complexity index is 512. The van der Waals surface area contributed by atoms with Gasteiger partial charge in [0.15, 0.2) is 0 Å². The summed E-state index contributed by atoms with van der Waals surface area (Å²) in [5, 5.41) is 2.91. The van der Waals surface area contributed by atoms with Crippen LogP contribution in [0.25, 0.3) is 11.0 Å². The van der Waals surface area contributed by atoms with Crippen LogP contribution in [0.3, 0.4) is 0 Å². The van der Waals surface area contributed by atoms with Gasteiger partial charge < -0.3 is 10.3 Å². The van der Waals surface area contributed by atoms with Gasteiger partial charge in [0.25, 0.3) is 0 Å². The monoisotopic (exact) mass is 245 g/mol. The van der Waals surface area contributed by atoms with Crippen molar-refractivity contribution in [2.24, 2.45) is 11.8 Å². The number of carbonyl (C=O) groups excluding carboxylic acids is 1. The van der Waals surface area contributed by atoms with Gasteiger partial charge in [0.05, 0.1) is 17.6 Å². The number of para-hydroxylation sites is 2. The molecule has 1 aromatic carbocycles. The first-order valence-corrected chi connectivity index (χ1v) is 6.29. The number of H-pyrrole nitrogens is 1. The number of benzene rings is 1. The minimum absolute atomic E-state index is 0.0226. The molecule has 0 aliphatic carbocycles. The molecule has 2 rings (SSSR count). The van der Waals surface area contributed by atoms with Crippen LogP contribution in [0.5, 0.6) is 0 Å². The van der Waals surface area contributed by atoms with E-state index in [9.17, 15) is 4.79 Å². The lowest BCUT2D eigenvalue weighted by molar-refractivity contribution is -0.125. The average molecular weight is 245 g/mol. The molecule has 18 heavy (non-hydrogen) atoms. The van der Waals surface area contributed by atoms with E-state index in [0.29, 0.717) is 12.5 Å². The molecule has 0 aliphatic rings. The molecule has 1 aromatic heterocycles. The van der Waals surface area contributed by atoms with Crippen molar-refractivity contribution >= 4 is 16.9 Å². The maximum absolute atomic E-state index is 11.8. The molecule has 1 amide bonds. The van der Waals surface area contributed by atoms with Crippen LogP contribution in [-0.2, 0) is 11.3 Å². The topological polar surface area (TPSA) is 57.8 Å². The second kappa shape index (κ2) is 5.21. The Morgan fingerprint density at radius 1 is 1.33 bits per heavy atom. The highest BCUT2D eigenvalue weighted by atomic mass is 16.1. The van der Waals surface area contributed by atoms with E-state index in [1.165, 1.54) is 0 Å². The van der Waals surface area contributed by atoms with Crippen LogP contribution in [0.2, 0.25) is 0 Å². The quantitative estimate of drug-likeness (QED) is 0.869. The van der Waals surface area contributed by atoms with Crippen molar-refractivity contribution in [3.05, 3.63) is 30.1 Å². The van der Waals surface area contributed by atoms with Gasteiger partial charge in [0.2, 0.25) is 5.91 Å². The predicted molar refractivity (Wildman–Crippen MR) is 71.9 cm³/mol. The number of nitrogens with zero attached hydrogens (tertiary/aromatic N) is 1. The van der Waals surface area contributed by atoms with E-state index in [4.69, 9.17) is 0 Å². The van der Waals surface area contributed by atoms with Crippen LogP contribution in [0.15, 0.2) is 24.3 Å². The summed E-state index contributed by atoms with van der Waals surface area (Å²) in [5.74, 6) is 1.24. The number of hydrogen-bond acceptors (Lipinski definition) is 2. The fourth-order valence-corrected chi connectivity index (χ4v) is 1.72. The van der Waals surface area contributed by atoms with E-state index in [1.54, 1.807) is 0 Å². The first-order chi connectivity index (χ1) is 8.58. The summed E-state index contributed by atoms with van der Waals surface area (Å²) in [6.07, 6.45) is 0. The fraction of sp³-hybridized carbons (Fsp3) is 0.429. The Morgan fingerprint density at radius 3 is 2.72 bits per heavy atom. The highest BCUT2D eigenvalue weighted by molar-refractivity contribution is 5.78. The lowest BCUT2D eigenvalue weighted by atomic mass is 9.97. The van der Waals surface area contributed by atoms with Gasteiger partial charge in [-0.3, -0.25) is 4.79 Å². The van der Waals surface area contributed by atoms with Gasteiger partial charge in [0, 0.05) is 5.92 Å². The summed E-state index contributed by atoms with van der Waals surface area (Å²) in [6, 6.07) is 7.84. The molecule has 0 saturated heterocycles. The van der Waals surface area contributed by atoms with E-state index < -0.39 is 0 Å². The van der Waals surface area contributed by atoms with Gasteiger partial charge in [-0.25, -0.2) is 4.98 Å². The van der Waals surface area contributed by atoms with Crippen molar-refractivity contribution in [3.63, 3.8) is 0 Å². The van der Waals surface area contributed by atoms with E-state index in [1.807, 2.05) is 45.0 Å². The van der Waals surface area contributed by atoms with Gasteiger partial charge >= 0.3 is 0 Å². The largest absolute Gasteiger partial charge is 0.349 e. The summed E-state index contributed by atoms with van der Waals surface area (Å²) in [7, 11) is 0. The molecule has 0 radical (unpaired) electrons. The molecule has 4 nitrogen and oxygen atoms in total. The molecule has 1 heterocycles. The summed E-state index contributed by atoms with van der Waals surface area (Å²) in [6.45, 7) is 6.49. The second-order valence-electron chi connectivity index (χ2n) is 4.95. The van der Waals surface area contributed by atoms with Crippen LogP contribution in [0.4, 0.5) is 0 Å². The molecular weight excluding hydrogens is 226 g/mol. The van der Waals surface area contributed by atoms with Gasteiger partial charge in [-0.15, -0.1) is 0 Å². The Kier molecular flexibility index (Phi) is 3.65. The first-order valence-electron chi connectivity index (χ1n) is 6.29. The number of hydrogen-bond donors (Lipinski definition) is 2. The zero-order valence-electron chi connectivity index (χ0n) is 11.0. The molecule has 2 N–H and O–H groups in total. The second-order valence-corrected chi connectivity index (χ2v) is 4.95. The maximum Gasteiger partial charge on any atom is 0.223 e. The van der Waals surface area contributed by atoms with E-state index in [2.05, 4.69) is 15.3 Å². The van der Waals surface area contributed by atoms with Crippen molar-refractivity contribution in [2.75, 3.05) is 0 Å². The fourth-order valence-electron chi connectivity index (χ4n) is 1.72. The predicted octanol–water partition coefficient (Wildman–Crippen LogP) is 2.47. The van der Waals surface area contributed by atoms with E-state index in [0.717, 1.165) is 16.9 Å². The van der Waals surface area contributed by atoms with Gasteiger partial charge in [-0.1, -0.05) is 32.9 Å². The molecule has 1 unspecified atom stereocenters. The third-order valence-electron chi connectivity index (χ3n) is 3.28. The average Bonchev–Trinajstić information content (AvgIpc) is 2.77. The Balaban J connectivity index is 2.00. The third-order valence-corrected chi connectivity index (χ3v) is 3.28. The Labute approximate surface area is 107 Å². The minimum atomic E-state index is 0.0226. The number of aromatic nitrogens is 2. The third kappa shape index (κ3) is 2.70. The van der Waals surface area contributed by atoms with Crippen molar-refractivity contribution in [1.29, 1.82) is 0 Å². The Morgan fingerprint density at radius 2 is 2.06 bits per heavy atom. The lowest BCUT2D eigenvalue weighted by Crippen LogP contribution is -2.31. The molecule has 96 valence electrons. The number of amides is 1. The van der Waals surface area contributed by atoms with Crippen LogP contribution < -0.4 is 5.32 Å². The maximum atomic E-state index is 11.8. The summed E-state index contributed by atoms with van der Waals surface area (Å²) < 4.78 is 0. The van der Waals surface area contributed by atoms with Crippen molar-refractivity contribution in [2.45, 2.75) is 27.3 Å². The molecular formula is C14H19N3O.